The molecule has 0 amide bonds. The molecule has 0 N–H and O–H groups in total. The fourth-order valence-electron chi connectivity index (χ4n) is 0.483. The van der Waals surface area contributed by atoms with E-state index in [0.29, 0.717) is 21.2 Å². The molecule has 1 aliphatic heterocycles. The van der Waals surface area contributed by atoms with E-state index in [4.69, 9.17) is 11.6 Å². The molecule has 0 aromatic heterocycles. The molecule has 0 aromatic rings. The Balaban J connectivity index is 2.60. The van der Waals surface area contributed by atoms with E-state index in [0.717, 1.165) is 5.03 Å². The predicted octanol–water partition coefficient (Wildman–Crippen LogP) is -0.885. The Kier molecular flexibility index (Phi) is 2.38. The van der Waals surface area contributed by atoms with Crippen molar-refractivity contribution in [3.63, 3.8) is 0 Å². The van der Waals surface area contributed by atoms with Gasteiger partial charge in [0.05, 0.1) is 0 Å². The van der Waals surface area contributed by atoms with Crippen LogP contribution in [-0.4, -0.2) is 4.43 Å². The Morgan fingerprint density at radius 2 is 2.50 bits per heavy atom. The van der Waals surface area contributed by atoms with Crippen molar-refractivity contribution >= 4 is 11.6 Å². The minimum absolute atomic E-state index is 0.355. The van der Waals surface area contributed by atoms with Gasteiger partial charge in [-0.1, -0.05) is 0 Å². The molecule has 0 radical (unpaired) electrons. The van der Waals surface area contributed by atoms with Crippen molar-refractivity contribution in [2.45, 2.75) is 6.42 Å². The maximum absolute atomic E-state index is 5.76. The summed E-state index contributed by atoms with van der Waals surface area (Å²) >= 11 is 6.11. The summed E-state index contributed by atoms with van der Waals surface area (Å²) in [6.07, 6.45) is 2.98. The summed E-state index contributed by atoms with van der Waals surface area (Å²) in [4.78, 5) is 0. The van der Waals surface area contributed by atoms with E-state index in [1.54, 1.807) is 6.08 Å². The maximum atomic E-state index is 5.76. The van der Waals surface area contributed by atoms with Crippen LogP contribution >= 0.6 is 11.6 Å². The van der Waals surface area contributed by atoms with Crippen LogP contribution in [0.1, 0.15) is 6.42 Å². The van der Waals surface area contributed by atoms with Gasteiger partial charge < -0.3 is 0 Å². The van der Waals surface area contributed by atoms with Crippen LogP contribution in [0, 0.1) is 0 Å². The van der Waals surface area contributed by atoms with Crippen LogP contribution in [0.25, 0.3) is 0 Å². The van der Waals surface area contributed by atoms with E-state index >= 15 is 0 Å². The van der Waals surface area contributed by atoms with Gasteiger partial charge in [0, 0.05) is 0 Å². The normalized spacial score (nSPS) is 25.1. The molecule has 0 spiro atoms. The first-order valence-corrected chi connectivity index (χ1v) is 5.43. The molecular formula is C6H7ClI-. The third-order valence-electron chi connectivity index (χ3n) is 1.01. The van der Waals surface area contributed by atoms with Gasteiger partial charge in [0.25, 0.3) is 0 Å². The van der Waals surface area contributed by atoms with Crippen LogP contribution in [0.3, 0.4) is 0 Å². The summed E-state index contributed by atoms with van der Waals surface area (Å²) in [6.45, 7) is 3.59. The van der Waals surface area contributed by atoms with Crippen molar-refractivity contribution < 1.29 is 21.2 Å². The predicted molar refractivity (Wildman–Crippen MR) is 32.6 cm³/mol. The van der Waals surface area contributed by atoms with Gasteiger partial charge in [-0.05, 0) is 0 Å². The topological polar surface area (TPSA) is 0 Å². The number of allylic oxidation sites excluding steroid dienone is 3. The van der Waals surface area contributed by atoms with Gasteiger partial charge in [-0.15, -0.1) is 0 Å². The van der Waals surface area contributed by atoms with Crippen LogP contribution in [0.5, 0.6) is 0 Å². The zero-order valence-electron chi connectivity index (χ0n) is 4.45. The molecule has 8 heavy (non-hydrogen) atoms. The SMILES string of the molecule is C=C/C(Cl)=C1/CC[I-]1. The van der Waals surface area contributed by atoms with Crippen molar-refractivity contribution in [2.24, 2.45) is 0 Å². The van der Waals surface area contributed by atoms with Gasteiger partial charge in [-0.25, -0.2) is 0 Å². The molecule has 46 valence electrons. The number of rotatable bonds is 1. The number of hydrogen-bond acceptors (Lipinski definition) is 0. The average molecular weight is 241 g/mol. The van der Waals surface area contributed by atoms with Crippen LogP contribution in [0.2, 0.25) is 0 Å². The fourth-order valence-corrected chi connectivity index (χ4v) is 2.58. The molecule has 2 heteroatoms. The second-order valence-corrected chi connectivity index (χ2v) is 5.08. The summed E-state index contributed by atoms with van der Waals surface area (Å²) in [6, 6.07) is 0. The number of hydrogen-bond donors (Lipinski definition) is 0. The molecule has 0 aliphatic carbocycles. The van der Waals surface area contributed by atoms with Gasteiger partial charge in [-0.2, -0.15) is 0 Å². The van der Waals surface area contributed by atoms with E-state index in [1.807, 2.05) is 0 Å². The third kappa shape index (κ3) is 1.26. The Morgan fingerprint density at radius 1 is 1.88 bits per heavy atom. The molecule has 0 atom stereocenters. The van der Waals surface area contributed by atoms with Gasteiger partial charge >= 0.3 is 64.9 Å². The summed E-state index contributed by atoms with van der Waals surface area (Å²) in [7, 11) is 0. The molecule has 1 aliphatic rings. The molecule has 1 heterocycles. The summed E-state index contributed by atoms with van der Waals surface area (Å²) < 4.78 is 2.90. The van der Waals surface area contributed by atoms with Crippen molar-refractivity contribution in [1.82, 2.24) is 0 Å². The molecule has 0 unspecified atom stereocenters. The first-order chi connectivity index (χ1) is 3.84. The fraction of sp³-hybridized carbons (Fsp3) is 0.333. The minimum atomic E-state index is 0.355. The van der Waals surface area contributed by atoms with Crippen molar-refractivity contribution in [3.8, 4) is 0 Å². The first kappa shape index (κ1) is 6.62. The van der Waals surface area contributed by atoms with E-state index in [1.165, 1.54) is 14.4 Å². The molecule has 1 saturated heterocycles. The Morgan fingerprint density at radius 3 is 2.62 bits per heavy atom. The number of alkyl halides is 1. The second-order valence-electron chi connectivity index (χ2n) is 1.53. The second kappa shape index (κ2) is 2.87. The van der Waals surface area contributed by atoms with E-state index in [2.05, 4.69) is 6.58 Å². The molecule has 0 saturated carbocycles. The van der Waals surface area contributed by atoms with Crippen LogP contribution in [0.4, 0.5) is 0 Å². The van der Waals surface area contributed by atoms with Crippen molar-refractivity contribution in [3.05, 3.63) is 21.3 Å². The van der Waals surface area contributed by atoms with Crippen LogP contribution in [0.15, 0.2) is 21.3 Å². The van der Waals surface area contributed by atoms with Crippen molar-refractivity contribution in [1.29, 1.82) is 0 Å². The number of halogens is 2. The monoisotopic (exact) mass is 241 g/mol. The molecule has 0 bridgehead atoms. The van der Waals surface area contributed by atoms with E-state index < -0.39 is 0 Å². The van der Waals surface area contributed by atoms with Gasteiger partial charge in [0.2, 0.25) is 0 Å². The van der Waals surface area contributed by atoms with Gasteiger partial charge in [-0.3, -0.25) is 0 Å². The summed E-state index contributed by atoms with van der Waals surface area (Å²) in [5, 5.41) is 0.920. The van der Waals surface area contributed by atoms with E-state index in [9.17, 15) is 0 Å². The first-order valence-electron chi connectivity index (χ1n) is 2.45. The van der Waals surface area contributed by atoms with Crippen LogP contribution in [-0.2, 0) is 0 Å². The quantitative estimate of drug-likeness (QED) is 0.413. The van der Waals surface area contributed by atoms with Gasteiger partial charge in [0.15, 0.2) is 0 Å². The standard InChI is InChI=1S/C6H7ClI/c1-2-5(7)6-3-4-8-6/h2H,1,3-4H2/q-1/b6-5+. The average Bonchev–Trinajstić information content (AvgIpc) is 1.62. The molecular weight excluding hydrogens is 234 g/mol. The zero-order valence-corrected chi connectivity index (χ0v) is 7.37. The van der Waals surface area contributed by atoms with Crippen molar-refractivity contribution in [2.75, 3.05) is 4.43 Å². The van der Waals surface area contributed by atoms with Gasteiger partial charge in [0.1, 0.15) is 0 Å². The Bertz CT molecular complexity index is 131. The summed E-state index contributed by atoms with van der Waals surface area (Å²) in [5.74, 6) is 0. The summed E-state index contributed by atoms with van der Waals surface area (Å²) in [5.41, 5.74) is 0. The molecule has 0 aromatic carbocycles. The third-order valence-corrected chi connectivity index (χ3v) is 4.83. The Hall–Kier alpha value is 0.500. The Labute approximate surface area is 64.9 Å². The molecule has 0 nitrogen and oxygen atoms in total. The zero-order chi connectivity index (χ0) is 5.98. The molecule has 1 fully saturated rings. The van der Waals surface area contributed by atoms with E-state index in [-0.39, 0.29) is 0 Å². The molecule has 1 rings (SSSR count). The van der Waals surface area contributed by atoms with Crippen LogP contribution < -0.4 is 21.2 Å².